The average Bonchev–Trinajstić information content (AvgIpc) is 2.29. The van der Waals surface area contributed by atoms with Gasteiger partial charge in [-0.25, -0.2) is 9.97 Å². The molecule has 2 heterocycles. The number of hydrogen-bond acceptors (Lipinski definition) is 5. The van der Waals surface area contributed by atoms with E-state index in [1.807, 2.05) is 0 Å². The van der Waals surface area contributed by atoms with Gasteiger partial charge in [-0.3, -0.25) is 4.79 Å². The van der Waals surface area contributed by atoms with Crippen LogP contribution in [0.3, 0.4) is 0 Å². The number of ether oxygens (including phenoxy) is 1. The summed E-state index contributed by atoms with van der Waals surface area (Å²) >= 11 is 0. The van der Waals surface area contributed by atoms with Crippen molar-refractivity contribution in [2.24, 2.45) is 0 Å². The van der Waals surface area contributed by atoms with Crippen LogP contribution in [-0.4, -0.2) is 42.1 Å². The fourth-order valence-corrected chi connectivity index (χ4v) is 1.69. The maximum Gasteiger partial charge on any atom is 0.178 e. The fourth-order valence-electron chi connectivity index (χ4n) is 1.69. The molecule has 2 rings (SSSR count). The molecule has 0 aromatic carbocycles. The SMILES string of the molecule is CC(=O)c1cc(N2CCOCC2)nc(C)n1. The number of morpholine rings is 1. The summed E-state index contributed by atoms with van der Waals surface area (Å²) in [5, 5.41) is 0. The largest absolute Gasteiger partial charge is 0.378 e. The lowest BCUT2D eigenvalue weighted by atomic mass is 10.2. The zero-order chi connectivity index (χ0) is 11.5. The lowest BCUT2D eigenvalue weighted by Gasteiger charge is -2.28. The van der Waals surface area contributed by atoms with Gasteiger partial charge >= 0.3 is 0 Å². The number of aromatic nitrogens is 2. The molecule has 0 spiro atoms. The van der Waals surface area contributed by atoms with Crippen molar-refractivity contribution < 1.29 is 9.53 Å². The maximum absolute atomic E-state index is 11.3. The van der Waals surface area contributed by atoms with Gasteiger partial charge in [0.25, 0.3) is 0 Å². The van der Waals surface area contributed by atoms with E-state index in [0.717, 1.165) is 18.9 Å². The molecule has 0 radical (unpaired) electrons. The number of nitrogens with zero attached hydrogens (tertiary/aromatic N) is 3. The smallest absolute Gasteiger partial charge is 0.178 e. The van der Waals surface area contributed by atoms with Gasteiger partial charge in [-0.2, -0.15) is 0 Å². The second kappa shape index (κ2) is 4.57. The molecule has 1 aliphatic rings. The minimum Gasteiger partial charge on any atom is -0.378 e. The molecule has 1 fully saturated rings. The Labute approximate surface area is 94.5 Å². The van der Waals surface area contributed by atoms with Crippen molar-refractivity contribution in [3.8, 4) is 0 Å². The summed E-state index contributed by atoms with van der Waals surface area (Å²) in [7, 11) is 0. The predicted molar refractivity (Wildman–Crippen MR) is 59.8 cm³/mol. The molecule has 0 bridgehead atoms. The highest BCUT2D eigenvalue weighted by atomic mass is 16.5. The van der Waals surface area contributed by atoms with Crippen LogP contribution in [0.15, 0.2) is 6.07 Å². The monoisotopic (exact) mass is 221 g/mol. The molecule has 0 aliphatic carbocycles. The number of hydrogen-bond donors (Lipinski definition) is 0. The first kappa shape index (κ1) is 11.0. The third kappa shape index (κ3) is 2.36. The highest BCUT2D eigenvalue weighted by molar-refractivity contribution is 5.92. The Hall–Kier alpha value is -1.49. The van der Waals surface area contributed by atoms with Crippen LogP contribution in [0, 0.1) is 6.92 Å². The van der Waals surface area contributed by atoms with Crippen molar-refractivity contribution in [1.29, 1.82) is 0 Å². The maximum atomic E-state index is 11.3. The Balaban J connectivity index is 2.28. The normalized spacial score (nSPS) is 16.2. The Kier molecular flexibility index (Phi) is 3.14. The quantitative estimate of drug-likeness (QED) is 0.692. The van der Waals surface area contributed by atoms with Crippen LogP contribution < -0.4 is 4.90 Å². The highest BCUT2D eigenvalue weighted by Gasteiger charge is 2.15. The minimum absolute atomic E-state index is 0.0278. The van der Waals surface area contributed by atoms with Gasteiger partial charge in [-0.15, -0.1) is 0 Å². The number of Topliss-reactive ketones (excluding diaryl/α,β-unsaturated/α-hetero) is 1. The van der Waals surface area contributed by atoms with Gasteiger partial charge in [0.1, 0.15) is 17.3 Å². The zero-order valence-corrected chi connectivity index (χ0v) is 9.56. The first-order valence-electron chi connectivity index (χ1n) is 5.36. The summed E-state index contributed by atoms with van der Waals surface area (Å²) in [6.45, 7) is 6.36. The summed E-state index contributed by atoms with van der Waals surface area (Å²) in [6, 6.07) is 1.75. The molecule has 0 saturated carbocycles. The van der Waals surface area contributed by atoms with Gasteiger partial charge in [0.15, 0.2) is 5.78 Å². The molecule has 5 heteroatoms. The molecule has 0 N–H and O–H groups in total. The van der Waals surface area contributed by atoms with E-state index in [-0.39, 0.29) is 5.78 Å². The van der Waals surface area contributed by atoms with E-state index >= 15 is 0 Å². The predicted octanol–water partition coefficient (Wildman–Crippen LogP) is 0.824. The van der Waals surface area contributed by atoms with Crippen LogP contribution in [-0.2, 0) is 4.74 Å². The Morgan fingerprint density at radius 1 is 1.38 bits per heavy atom. The van der Waals surface area contributed by atoms with Crippen LogP contribution in [0.1, 0.15) is 23.2 Å². The minimum atomic E-state index is -0.0278. The van der Waals surface area contributed by atoms with Gasteiger partial charge in [0.05, 0.1) is 13.2 Å². The molecule has 5 nitrogen and oxygen atoms in total. The Morgan fingerprint density at radius 2 is 2.06 bits per heavy atom. The number of carbonyl (C=O) groups excluding carboxylic acids is 1. The highest BCUT2D eigenvalue weighted by Crippen LogP contribution is 2.14. The van der Waals surface area contributed by atoms with Gasteiger partial charge in [0.2, 0.25) is 0 Å². The Bertz CT molecular complexity index is 400. The van der Waals surface area contributed by atoms with Crippen molar-refractivity contribution in [1.82, 2.24) is 9.97 Å². The van der Waals surface area contributed by atoms with E-state index in [2.05, 4.69) is 14.9 Å². The molecule has 1 saturated heterocycles. The number of anilines is 1. The van der Waals surface area contributed by atoms with Crippen molar-refractivity contribution in [2.75, 3.05) is 31.2 Å². The molecule has 0 unspecified atom stereocenters. The zero-order valence-electron chi connectivity index (χ0n) is 9.56. The molecule has 1 aliphatic heterocycles. The van der Waals surface area contributed by atoms with E-state index in [4.69, 9.17) is 4.74 Å². The van der Waals surface area contributed by atoms with E-state index in [0.29, 0.717) is 24.7 Å². The van der Waals surface area contributed by atoms with Crippen LogP contribution >= 0.6 is 0 Å². The van der Waals surface area contributed by atoms with Crippen LogP contribution in [0.5, 0.6) is 0 Å². The van der Waals surface area contributed by atoms with Crippen LogP contribution in [0.4, 0.5) is 5.82 Å². The molecule has 0 amide bonds. The van der Waals surface area contributed by atoms with Gasteiger partial charge in [0, 0.05) is 26.1 Å². The van der Waals surface area contributed by atoms with Gasteiger partial charge in [-0.05, 0) is 6.92 Å². The van der Waals surface area contributed by atoms with Gasteiger partial charge < -0.3 is 9.64 Å². The summed E-state index contributed by atoms with van der Waals surface area (Å²) in [5.74, 6) is 1.43. The number of aryl methyl sites for hydroxylation is 1. The lowest BCUT2D eigenvalue weighted by molar-refractivity contribution is 0.101. The first-order valence-corrected chi connectivity index (χ1v) is 5.36. The van der Waals surface area contributed by atoms with Crippen molar-refractivity contribution in [3.63, 3.8) is 0 Å². The molecular weight excluding hydrogens is 206 g/mol. The van der Waals surface area contributed by atoms with E-state index in [9.17, 15) is 4.79 Å². The number of rotatable bonds is 2. The van der Waals surface area contributed by atoms with Crippen molar-refractivity contribution in [3.05, 3.63) is 17.6 Å². The van der Waals surface area contributed by atoms with E-state index in [1.54, 1.807) is 13.0 Å². The lowest BCUT2D eigenvalue weighted by Crippen LogP contribution is -2.37. The van der Waals surface area contributed by atoms with Gasteiger partial charge in [-0.1, -0.05) is 0 Å². The topological polar surface area (TPSA) is 55.3 Å². The summed E-state index contributed by atoms with van der Waals surface area (Å²) < 4.78 is 5.28. The second-order valence-corrected chi connectivity index (χ2v) is 3.81. The van der Waals surface area contributed by atoms with Crippen molar-refractivity contribution >= 4 is 11.6 Å². The van der Waals surface area contributed by atoms with E-state index < -0.39 is 0 Å². The summed E-state index contributed by atoms with van der Waals surface area (Å²) in [5.41, 5.74) is 0.481. The molecular formula is C11H15N3O2. The first-order chi connectivity index (χ1) is 7.66. The summed E-state index contributed by atoms with van der Waals surface area (Å²) in [6.07, 6.45) is 0. The second-order valence-electron chi connectivity index (χ2n) is 3.81. The molecule has 1 aromatic rings. The number of carbonyl (C=O) groups is 1. The van der Waals surface area contributed by atoms with Crippen LogP contribution in [0.2, 0.25) is 0 Å². The standard InChI is InChI=1S/C11H15N3O2/c1-8(15)10-7-11(13-9(2)12-10)14-3-5-16-6-4-14/h7H,3-6H2,1-2H3. The molecule has 0 atom stereocenters. The molecule has 1 aromatic heterocycles. The Morgan fingerprint density at radius 3 is 2.69 bits per heavy atom. The molecule has 16 heavy (non-hydrogen) atoms. The third-order valence-corrected chi connectivity index (χ3v) is 2.52. The third-order valence-electron chi connectivity index (χ3n) is 2.52. The summed E-state index contributed by atoms with van der Waals surface area (Å²) in [4.78, 5) is 21.9. The van der Waals surface area contributed by atoms with Crippen LogP contribution in [0.25, 0.3) is 0 Å². The van der Waals surface area contributed by atoms with E-state index in [1.165, 1.54) is 6.92 Å². The number of ketones is 1. The fraction of sp³-hybridized carbons (Fsp3) is 0.545. The molecule has 86 valence electrons. The van der Waals surface area contributed by atoms with Crippen molar-refractivity contribution in [2.45, 2.75) is 13.8 Å². The average molecular weight is 221 g/mol.